The maximum atomic E-state index is 14.5. The Morgan fingerprint density at radius 3 is 2.58 bits per heavy atom. The molecule has 4 aliphatic heterocycles. The number of thioether (sulfide) groups is 1. The van der Waals surface area contributed by atoms with Crippen LogP contribution >= 0.6 is 11.8 Å². The standard InChI is InChI=1S/C30H38N2O5S/c1-20-12-10-13-21(2)25(20)31-17-11-15-30-24(23-22(38-30)14-6-5-9-19-37-29(23)36)27(34)32(26(30)28(31)35)16-7-3-4-8-18-33/h6,10-15,22-24,26,33H,3-5,7-9,16-19H2,1-2H3/b14-6-/t22-,23+,24+,26?,30+/m1/s1. The van der Waals surface area contributed by atoms with Crippen LogP contribution in [0.15, 0.2) is 42.5 Å². The van der Waals surface area contributed by atoms with Crippen molar-refractivity contribution in [2.45, 2.75) is 68.4 Å². The Bertz CT molecular complexity index is 1130. The van der Waals surface area contributed by atoms with Crippen molar-refractivity contribution in [1.29, 1.82) is 0 Å². The van der Waals surface area contributed by atoms with E-state index in [-0.39, 0.29) is 29.6 Å². The fraction of sp³-hybridized carbons (Fsp3) is 0.567. The van der Waals surface area contributed by atoms with Gasteiger partial charge >= 0.3 is 5.97 Å². The summed E-state index contributed by atoms with van der Waals surface area (Å²) < 4.78 is 4.81. The Hall–Kier alpha value is -2.58. The molecular weight excluding hydrogens is 500 g/mol. The van der Waals surface area contributed by atoms with Gasteiger partial charge in [-0.3, -0.25) is 14.4 Å². The molecule has 1 unspecified atom stereocenters. The molecule has 2 fully saturated rings. The Balaban J connectivity index is 1.56. The summed E-state index contributed by atoms with van der Waals surface area (Å²) in [7, 11) is 0. The van der Waals surface area contributed by atoms with Crippen LogP contribution in [0.1, 0.15) is 49.7 Å². The second-order valence-corrected chi connectivity index (χ2v) is 12.3. The smallest absolute Gasteiger partial charge is 0.311 e. The highest BCUT2D eigenvalue weighted by Crippen LogP contribution is 2.61. The van der Waals surface area contributed by atoms with Crippen molar-refractivity contribution in [3.05, 3.63) is 53.6 Å². The van der Waals surface area contributed by atoms with E-state index in [1.54, 1.807) is 16.7 Å². The van der Waals surface area contributed by atoms with Gasteiger partial charge in [0.15, 0.2) is 0 Å². The number of cyclic esters (lactones) is 1. The van der Waals surface area contributed by atoms with Gasteiger partial charge in [0.1, 0.15) is 6.04 Å². The van der Waals surface area contributed by atoms with Gasteiger partial charge in [-0.25, -0.2) is 0 Å². The number of amides is 2. The number of hydrogen-bond acceptors (Lipinski definition) is 6. The minimum Gasteiger partial charge on any atom is -0.465 e. The van der Waals surface area contributed by atoms with E-state index in [1.165, 1.54) is 0 Å². The van der Waals surface area contributed by atoms with E-state index >= 15 is 0 Å². The lowest BCUT2D eigenvalue weighted by atomic mass is 9.78. The minimum absolute atomic E-state index is 0.0880. The van der Waals surface area contributed by atoms with E-state index in [9.17, 15) is 14.4 Å². The Morgan fingerprint density at radius 2 is 1.82 bits per heavy atom. The molecule has 4 aliphatic rings. The highest BCUT2D eigenvalue weighted by atomic mass is 32.2. The predicted octanol–water partition coefficient (Wildman–Crippen LogP) is 3.95. The van der Waals surface area contributed by atoms with E-state index in [0.717, 1.165) is 55.3 Å². The molecule has 5 atom stereocenters. The molecule has 0 radical (unpaired) electrons. The normalized spacial score (nSPS) is 31.6. The van der Waals surface area contributed by atoms with Crippen LogP contribution in [0.2, 0.25) is 0 Å². The van der Waals surface area contributed by atoms with Gasteiger partial charge in [0.05, 0.1) is 23.2 Å². The molecule has 0 saturated carbocycles. The summed E-state index contributed by atoms with van der Waals surface area (Å²) in [5.74, 6) is -1.80. The number of rotatable bonds is 7. The molecule has 5 rings (SSSR count). The number of nitrogens with zero attached hydrogens (tertiary/aromatic N) is 2. The number of ether oxygens (including phenoxy) is 1. The van der Waals surface area contributed by atoms with Crippen LogP contribution in [0.5, 0.6) is 0 Å². The zero-order chi connectivity index (χ0) is 26.9. The van der Waals surface area contributed by atoms with Crippen molar-refractivity contribution in [3.63, 3.8) is 0 Å². The number of carbonyl (C=O) groups excluding carboxylic acids is 3. The van der Waals surface area contributed by atoms with Crippen LogP contribution in [0.4, 0.5) is 5.69 Å². The Kier molecular flexibility index (Phi) is 8.00. The number of esters is 1. The monoisotopic (exact) mass is 538 g/mol. The number of allylic oxidation sites excluding steroid dienone is 1. The number of likely N-dealkylation sites (tertiary alicyclic amines) is 1. The van der Waals surface area contributed by atoms with Crippen LogP contribution in [0.3, 0.4) is 0 Å². The van der Waals surface area contributed by atoms with E-state index in [1.807, 2.05) is 43.0 Å². The maximum absolute atomic E-state index is 14.5. The topological polar surface area (TPSA) is 87.2 Å². The van der Waals surface area contributed by atoms with Crippen molar-refractivity contribution >= 4 is 35.2 Å². The second kappa shape index (κ2) is 11.3. The van der Waals surface area contributed by atoms with Gasteiger partial charge in [0.25, 0.3) is 5.91 Å². The molecule has 1 aromatic carbocycles. The molecule has 1 aromatic rings. The van der Waals surface area contributed by atoms with Crippen LogP contribution in [-0.4, -0.2) is 70.1 Å². The number of hydrogen-bond donors (Lipinski definition) is 1. The van der Waals surface area contributed by atoms with Crippen LogP contribution in [0.25, 0.3) is 0 Å². The first-order valence-corrected chi connectivity index (χ1v) is 14.8. The van der Waals surface area contributed by atoms with Crippen molar-refractivity contribution in [2.75, 3.05) is 31.2 Å². The third kappa shape index (κ3) is 4.60. The number of benzene rings is 1. The van der Waals surface area contributed by atoms with E-state index in [0.29, 0.717) is 19.7 Å². The number of fused-ring (bicyclic) bond motifs is 2. The number of aliphatic hydroxyl groups is 1. The van der Waals surface area contributed by atoms with Gasteiger partial charge in [-0.05, 0) is 50.7 Å². The summed E-state index contributed by atoms with van der Waals surface area (Å²) >= 11 is 1.59. The summed E-state index contributed by atoms with van der Waals surface area (Å²) in [5, 5.41) is 8.94. The molecule has 1 spiro atoms. The third-order valence-corrected chi connectivity index (χ3v) is 10.1. The van der Waals surface area contributed by atoms with Gasteiger partial charge in [0.2, 0.25) is 5.91 Å². The quantitative estimate of drug-likeness (QED) is 0.321. The molecule has 1 N–H and O–H groups in total. The molecule has 0 bridgehead atoms. The molecule has 2 amide bonds. The average molecular weight is 539 g/mol. The summed E-state index contributed by atoms with van der Waals surface area (Å²) in [5.41, 5.74) is 2.92. The highest BCUT2D eigenvalue weighted by molar-refractivity contribution is 8.02. The molecular formula is C30H38N2O5S. The van der Waals surface area contributed by atoms with E-state index in [4.69, 9.17) is 9.84 Å². The molecule has 0 aliphatic carbocycles. The van der Waals surface area contributed by atoms with Gasteiger partial charge in [0, 0.05) is 30.6 Å². The molecule has 8 heteroatoms. The molecule has 204 valence electrons. The molecule has 0 aromatic heterocycles. The van der Waals surface area contributed by atoms with Crippen LogP contribution in [0, 0.1) is 25.7 Å². The molecule has 2 saturated heterocycles. The summed E-state index contributed by atoms with van der Waals surface area (Å²) in [6, 6.07) is 5.32. The van der Waals surface area contributed by atoms with Gasteiger partial charge in [-0.1, -0.05) is 55.3 Å². The fourth-order valence-corrected chi connectivity index (χ4v) is 8.67. The largest absolute Gasteiger partial charge is 0.465 e. The molecule has 4 heterocycles. The van der Waals surface area contributed by atoms with Crippen LogP contribution < -0.4 is 4.90 Å². The highest BCUT2D eigenvalue weighted by Gasteiger charge is 2.70. The Morgan fingerprint density at radius 1 is 1.05 bits per heavy atom. The summed E-state index contributed by atoms with van der Waals surface area (Å²) in [4.78, 5) is 45.7. The average Bonchev–Trinajstić information content (AvgIpc) is 3.30. The first-order valence-electron chi connectivity index (χ1n) is 13.9. The first-order chi connectivity index (χ1) is 18.4. The fourth-order valence-electron chi connectivity index (χ4n) is 6.67. The SMILES string of the molecule is Cc1cccc(C)c1N1CC=C[C@]23S[C@@H]4/C=C\CCCOC(=O)[C@@H]4[C@H]2C(=O)N(CCCCCCO)C3C1=O. The van der Waals surface area contributed by atoms with Gasteiger partial charge in [-0.15, -0.1) is 11.8 Å². The van der Waals surface area contributed by atoms with Gasteiger partial charge < -0.3 is 19.6 Å². The Labute approximate surface area is 229 Å². The lowest BCUT2D eigenvalue weighted by Crippen LogP contribution is -2.53. The number of para-hydroxylation sites is 1. The lowest BCUT2D eigenvalue weighted by Gasteiger charge is -2.36. The zero-order valence-corrected chi connectivity index (χ0v) is 23.1. The first kappa shape index (κ1) is 27.0. The maximum Gasteiger partial charge on any atom is 0.311 e. The number of anilines is 1. The van der Waals surface area contributed by atoms with E-state index < -0.39 is 22.6 Å². The second-order valence-electron chi connectivity index (χ2n) is 10.8. The van der Waals surface area contributed by atoms with Crippen molar-refractivity contribution < 1.29 is 24.2 Å². The minimum atomic E-state index is -0.831. The lowest BCUT2D eigenvalue weighted by molar-refractivity contribution is -0.153. The van der Waals surface area contributed by atoms with Crippen molar-refractivity contribution in [1.82, 2.24) is 4.90 Å². The van der Waals surface area contributed by atoms with Crippen molar-refractivity contribution in [2.24, 2.45) is 11.8 Å². The summed E-state index contributed by atoms with van der Waals surface area (Å²) in [6.45, 7) is 5.40. The third-order valence-electron chi connectivity index (χ3n) is 8.37. The van der Waals surface area contributed by atoms with E-state index in [2.05, 4.69) is 18.2 Å². The number of unbranched alkanes of at least 4 members (excludes halogenated alkanes) is 3. The summed E-state index contributed by atoms with van der Waals surface area (Å²) in [6.07, 6.45) is 13.0. The zero-order valence-electron chi connectivity index (χ0n) is 22.3. The number of aryl methyl sites for hydroxylation is 2. The molecule has 7 nitrogen and oxygen atoms in total. The van der Waals surface area contributed by atoms with Crippen molar-refractivity contribution in [3.8, 4) is 0 Å². The number of carbonyl (C=O) groups is 3. The molecule has 38 heavy (non-hydrogen) atoms. The number of aliphatic hydroxyl groups excluding tert-OH is 1. The van der Waals surface area contributed by atoms with Gasteiger partial charge in [-0.2, -0.15) is 0 Å². The predicted molar refractivity (Wildman–Crippen MR) is 149 cm³/mol. The van der Waals surface area contributed by atoms with Crippen LogP contribution in [-0.2, 0) is 19.1 Å².